The summed E-state index contributed by atoms with van der Waals surface area (Å²) < 4.78 is 0. The van der Waals surface area contributed by atoms with E-state index in [-0.39, 0.29) is 17.9 Å². The molecule has 3 rings (SSSR count). The van der Waals surface area contributed by atoms with Crippen LogP contribution in [0.15, 0.2) is 24.3 Å². The molecule has 2 aliphatic rings. The van der Waals surface area contributed by atoms with Gasteiger partial charge in [0.1, 0.15) is 6.61 Å². The Morgan fingerprint density at radius 1 is 1.33 bits per heavy atom. The molecule has 1 aromatic rings. The van der Waals surface area contributed by atoms with Gasteiger partial charge < -0.3 is 20.2 Å². The maximum Gasteiger partial charge on any atom is 0.248 e. The normalized spacial score (nSPS) is 25.7. The number of hydrogen-bond acceptors (Lipinski definition) is 4. The predicted octanol–water partition coefficient (Wildman–Crippen LogP) is 1.30. The van der Waals surface area contributed by atoms with Crippen LogP contribution in [0.1, 0.15) is 24.8 Å². The van der Waals surface area contributed by atoms with Crippen LogP contribution in [0.5, 0.6) is 0 Å². The van der Waals surface area contributed by atoms with Crippen LogP contribution in [-0.2, 0) is 16.0 Å². The van der Waals surface area contributed by atoms with Gasteiger partial charge in [-0.25, -0.2) is 0 Å². The summed E-state index contributed by atoms with van der Waals surface area (Å²) in [5.74, 6) is -0.260. The van der Waals surface area contributed by atoms with Gasteiger partial charge in [0.05, 0.1) is 11.5 Å². The number of aliphatic hydroxyl groups excluding tert-OH is 1. The number of carbonyl (C=O) groups is 2. The summed E-state index contributed by atoms with van der Waals surface area (Å²) in [6, 6.07) is 7.46. The summed E-state index contributed by atoms with van der Waals surface area (Å²) >= 11 is 6.02. The lowest BCUT2D eigenvalue weighted by atomic mass is 9.67. The van der Waals surface area contributed by atoms with E-state index in [1.165, 1.54) is 0 Å². The first-order valence-corrected chi connectivity index (χ1v) is 9.96. The number of likely N-dealkylation sites (N-methyl/N-ethyl adjacent to an activating group) is 1. The van der Waals surface area contributed by atoms with Crippen LogP contribution in [0.4, 0.5) is 0 Å². The average Bonchev–Trinajstić information content (AvgIpc) is 2.67. The van der Waals surface area contributed by atoms with Crippen molar-refractivity contribution in [2.24, 2.45) is 5.41 Å². The highest BCUT2D eigenvalue weighted by atomic mass is 35.5. The van der Waals surface area contributed by atoms with Gasteiger partial charge in [0, 0.05) is 24.7 Å². The Labute approximate surface area is 165 Å². The number of hydrogen-bond donors (Lipinski definition) is 2. The predicted molar refractivity (Wildman–Crippen MR) is 105 cm³/mol. The van der Waals surface area contributed by atoms with Crippen molar-refractivity contribution in [1.82, 2.24) is 15.1 Å². The highest BCUT2D eigenvalue weighted by Gasteiger charge is 2.53. The van der Waals surface area contributed by atoms with E-state index in [4.69, 9.17) is 11.6 Å². The molecule has 27 heavy (non-hydrogen) atoms. The molecule has 2 saturated heterocycles. The molecule has 2 amide bonds. The number of nitrogens with zero attached hydrogens (tertiary/aromatic N) is 2. The number of fused-ring (bicyclic) bond motifs is 1. The van der Waals surface area contributed by atoms with E-state index in [9.17, 15) is 14.7 Å². The molecular weight excluding hydrogens is 366 g/mol. The molecule has 148 valence electrons. The third-order valence-corrected chi connectivity index (χ3v) is 6.19. The molecule has 7 heteroatoms. The molecule has 0 aliphatic carbocycles. The standard InChI is InChI=1S/C20H28ClN3O3/c1-23-11-8-20(7-3-10-24(17(20)13-23)18(26)14-25)19(27)22-9-6-15-4-2-5-16(21)12-15/h2,4-5,12,17,25H,3,6-11,13-14H2,1H3,(H,22,27)/t17-,20+/m0/s1. The first kappa shape index (κ1) is 20.1. The zero-order chi connectivity index (χ0) is 19.4. The number of nitrogens with one attached hydrogen (secondary N) is 1. The fraction of sp³-hybridized carbons (Fsp3) is 0.600. The number of halogens is 1. The summed E-state index contributed by atoms with van der Waals surface area (Å²) in [5, 5.41) is 13.1. The molecule has 0 spiro atoms. The van der Waals surface area contributed by atoms with Crippen molar-refractivity contribution in [3.05, 3.63) is 34.9 Å². The Hall–Kier alpha value is -1.63. The van der Waals surface area contributed by atoms with E-state index in [0.29, 0.717) is 31.1 Å². The van der Waals surface area contributed by atoms with Gasteiger partial charge in [-0.05, 0) is 57.0 Å². The molecule has 0 saturated carbocycles. The number of aliphatic hydroxyl groups is 1. The van der Waals surface area contributed by atoms with Gasteiger partial charge in [0.15, 0.2) is 0 Å². The lowest BCUT2D eigenvalue weighted by Crippen LogP contribution is -2.66. The molecule has 2 fully saturated rings. The fourth-order valence-electron chi connectivity index (χ4n) is 4.48. The number of benzene rings is 1. The first-order valence-electron chi connectivity index (χ1n) is 9.58. The van der Waals surface area contributed by atoms with E-state index >= 15 is 0 Å². The van der Waals surface area contributed by atoms with Gasteiger partial charge in [0.2, 0.25) is 11.8 Å². The Bertz CT molecular complexity index is 699. The van der Waals surface area contributed by atoms with Gasteiger partial charge in [-0.3, -0.25) is 9.59 Å². The second-order valence-corrected chi connectivity index (χ2v) is 8.11. The number of piperidine rings is 2. The minimum atomic E-state index is -0.566. The van der Waals surface area contributed by atoms with Crippen molar-refractivity contribution in [1.29, 1.82) is 0 Å². The second kappa shape index (κ2) is 8.59. The lowest BCUT2D eigenvalue weighted by Gasteiger charge is -2.53. The molecule has 2 aliphatic heterocycles. The van der Waals surface area contributed by atoms with Crippen LogP contribution >= 0.6 is 11.6 Å². The molecule has 2 N–H and O–H groups in total. The van der Waals surface area contributed by atoms with Crippen LogP contribution in [-0.4, -0.2) is 72.6 Å². The maximum absolute atomic E-state index is 13.2. The average molecular weight is 394 g/mol. The van der Waals surface area contributed by atoms with Gasteiger partial charge in [-0.1, -0.05) is 23.7 Å². The van der Waals surface area contributed by atoms with E-state index in [0.717, 1.165) is 31.4 Å². The summed E-state index contributed by atoms with van der Waals surface area (Å²) in [4.78, 5) is 29.3. The molecule has 2 atom stereocenters. The molecule has 6 nitrogen and oxygen atoms in total. The van der Waals surface area contributed by atoms with Crippen LogP contribution < -0.4 is 5.32 Å². The molecule has 0 bridgehead atoms. The quantitative estimate of drug-likeness (QED) is 0.791. The summed E-state index contributed by atoms with van der Waals surface area (Å²) in [6.45, 7) is 2.13. The van der Waals surface area contributed by atoms with Gasteiger partial charge in [0.25, 0.3) is 0 Å². The molecule has 2 heterocycles. The van der Waals surface area contributed by atoms with Crippen molar-refractivity contribution < 1.29 is 14.7 Å². The van der Waals surface area contributed by atoms with Crippen molar-refractivity contribution >= 4 is 23.4 Å². The smallest absolute Gasteiger partial charge is 0.248 e. The Morgan fingerprint density at radius 2 is 2.15 bits per heavy atom. The minimum Gasteiger partial charge on any atom is -0.387 e. The Morgan fingerprint density at radius 3 is 2.89 bits per heavy atom. The SMILES string of the molecule is CN1CC[C@]2(C(=O)NCCc3cccc(Cl)c3)CCCN(C(=O)CO)[C@H]2C1. The largest absolute Gasteiger partial charge is 0.387 e. The summed E-state index contributed by atoms with van der Waals surface area (Å²) in [6.07, 6.45) is 3.01. The minimum absolute atomic E-state index is 0.0260. The van der Waals surface area contributed by atoms with Crippen LogP contribution in [0.3, 0.4) is 0 Å². The van der Waals surface area contributed by atoms with Crippen molar-refractivity contribution in [2.45, 2.75) is 31.7 Å². The molecule has 0 unspecified atom stereocenters. The highest BCUT2D eigenvalue weighted by molar-refractivity contribution is 6.30. The number of carbonyl (C=O) groups excluding carboxylic acids is 2. The molecule has 0 aromatic heterocycles. The number of amides is 2. The molecular formula is C20H28ClN3O3. The topological polar surface area (TPSA) is 72.9 Å². The van der Waals surface area contributed by atoms with Gasteiger partial charge in [-0.15, -0.1) is 0 Å². The van der Waals surface area contributed by atoms with Crippen LogP contribution in [0, 0.1) is 5.41 Å². The van der Waals surface area contributed by atoms with E-state index < -0.39 is 12.0 Å². The van der Waals surface area contributed by atoms with E-state index in [1.807, 2.05) is 31.3 Å². The van der Waals surface area contributed by atoms with Crippen LogP contribution in [0.25, 0.3) is 0 Å². The monoisotopic (exact) mass is 393 g/mol. The van der Waals surface area contributed by atoms with Crippen molar-refractivity contribution in [2.75, 3.05) is 39.8 Å². The Kier molecular flexibility index (Phi) is 6.40. The number of rotatable bonds is 5. The van der Waals surface area contributed by atoms with Crippen LogP contribution in [0.2, 0.25) is 5.02 Å². The first-order chi connectivity index (χ1) is 13.0. The molecule has 1 aromatic carbocycles. The second-order valence-electron chi connectivity index (χ2n) is 7.67. The number of likely N-dealkylation sites (tertiary alicyclic amines) is 2. The van der Waals surface area contributed by atoms with Gasteiger partial charge >= 0.3 is 0 Å². The lowest BCUT2D eigenvalue weighted by molar-refractivity contribution is -0.155. The fourth-order valence-corrected chi connectivity index (χ4v) is 4.70. The zero-order valence-corrected chi connectivity index (χ0v) is 16.5. The van der Waals surface area contributed by atoms with Crippen molar-refractivity contribution in [3.63, 3.8) is 0 Å². The highest BCUT2D eigenvalue weighted by Crippen LogP contribution is 2.42. The van der Waals surface area contributed by atoms with Gasteiger partial charge in [-0.2, -0.15) is 0 Å². The Balaban J connectivity index is 1.70. The molecule has 0 radical (unpaired) electrons. The van der Waals surface area contributed by atoms with E-state index in [2.05, 4.69) is 10.2 Å². The third-order valence-electron chi connectivity index (χ3n) is 5.96. The van der Waals surface area contributed by atoms with Crippen molar-refractivity contribution in [3.8, 4) is 0 Å². The summed E-state index contributed by atoms with van der Waals surface area (Å²) in [5.41, 5.74) is 0.519. The zero-order valence-electron chi connectivity index (χ0n) is 15.8. The maximum atomic E-state index is 13.2. The van der Waals surface area contributed by atoms with E-state index in [1.54, 1.807) is 4.90 Å². The third kappa shape index (κ3) is 4.28. The summed E-state index contributed by atoms with van der Waals surface area (Å²) in [7, 11) is 2.01.